The van der Waals surface area contributed by atoms with Crippen molar-refractivity contribution in [2.45, 2.75) is 63.6 Å². The third kappa shape index (κ3) is 6.78. The van der Waals surface area contributed by atoms with Crippen LogP contribution in [0.25, 0.3) is 0 Å². The molecule has 1 atom stereocenters. The quantitative estimate of drug-likeness (QED) is 0.438. The number of nitrogens with zero attached hydrogens (tertiary/aromatic N) is 2. The first-order valence-electron chi connectivity index (χ1n) is 14.0. The SMILES string of the molecule is CCCN1C(=O)[C@H](CCCCNC(=O)OCc2ccccc2)NC(=O)C12CCN(C(=O)c1cccc(F)c1)CC2. The summed E-state index contributed by atoms with van der Waals surface area (Å²) in [6, 6.07) is 14.4. The number of ether oxygens (including phenoxy) is 1. The minimum absolute atomic E-state index is 0.110. The van der Waals surface area contributed by atoms with Crippen LogP contribution in [0, 0.1) is 5.82 Å². The van der Waals surface area contributed by atoms with Gasteiger partial charge < -0.3 is 25.2 Å². The molecule has 0 unspecified atom stereocenters. The fraction of sp³-hybridized carbons (Fsp3) is 0.467. The fourth-order valence-corrected chi connectivity index (χ4v) is 5.44. The summed E-state index contributed by atoms with van der Waals surface area (Å²) >= 11 is 0. The van der Waals surface area contributed by atoms with Gasteiger partial charge >= 0.3 is 6.09 Å². The molecule has 9 nitrogen and oxygen atoms in total. The summed E-state index contributed by atoms with van der Waals surface area (Å²) in [6.07, 6.45) is 2.60. The van der Waals surface area contributed by atoms with Crippen LogP contribution in [0.5, 0.6) is 0 Å². The number of likely N-dealkylation sites (tertiary alicyclic amines) is 1. The summed E-state index contributed by atoms with van der Waals surface area (Å²) in [5.41, 5.74) is 0.179. The van der Waals surface area contributed by atoms with E-state index in [1.54, 1.807) is 15.9 Å². The highest BCUT2D eigenvalue weighted by Gasteiger charge is 2.53. The summed E-state index contributed by atoms with van der Waals surface area (Å²) in [5.74, 6) is -1.06. The largest absolute Gasteiger partial charge is 0.445 e. The van der Waals surface area contributed by atoms with Gasteiger partial charge in [-0.15, -0.1) is 0 Å². The van der Waals surface area contributed by atoms with Gasteiger partial charge in [0.25, 0.3) is 5.91 Å². The number of halogens is 1. The molecule has 2 fully saturated rings. The Labute approximate surface area is 234 Å². The van der Waals surface area contributed by atoms with E-state index in [0.29, 0.717) is 64.7 Å². The van der Waals surface area contributed by atoms with Gasteiger partial charge in [-0.1, -0.05) is 43.3 Å². The fourth-order valence-electron chi connectivity index (χ4n) is 5.44. The number of piperazine rings is 1. The molecule has 10 heteroatoms. The highest BCUT2D eigenvalue weighted by atomic mass is 19.1. The lowest BCUT2D eigenvalue weighted by Crippen LogP contribution is -2.73. The van der Waals surface area contributed by atoms with Crippen LogP contribution in [0.15, 0.2) is 54.6 Å². The second kappa shape index (κ2) is 13.4. The maximum Gasteiger partial charge on any atom is 0.407 e. The van der Waals surface area contributed by atoms with E-state index >= 15 is 0 Å². The molecule has 2 N–H and O–H groups in total. The smallest absolute Gasteiger partial charge is 0.407 e. The van der Waals surface area contributed by atoms with Crippen LogP contribution in [0.2, 0.25) is 0 Å². The lowest BCUT2D eigenvalue weighted by atomic mass is 9.81. The Bertz CT molecular complexity index is 1200. The Morgan fingerprint density at radius 2 is 1.82 bits per heavy atom. The van der Waals surface area contributed by atoms with Crippen LogP contribution in [-0.4, -0.2) is 71.4 Å². The number of hydrogen-bond acceptors (Lipinski definition) is 5. The van der Waals surface area contributed by atoms with Crippen LogP contribution in [0.3, 0.4) is 0 Å². The predicted octanol–water partition coefficient (Wildman–Crippen LogP) is 3.63. The van der Waals surface area contributed by atoms with Crippen LogP contribution in [0.1, 0.15) is 61.4 Å². The topological polar surface area (TPSA) is 108 Å². The normalized spacial score (nSPS) is 18.4. The number of hydrogen-bond donors (Lipinski definition) is 2. The zero-order valence-electron chi connectivity index (χ0n) is 22.9. The van der Waals surface area contributed by atoms with Crippen LogP contribution < -0.4 is 10.6 Å². The standard InChI is InChI=1S/C30H37FN4O5/c1-2-17-35-27(37)25(13-6-7-16-32-29(39)40-21-22-9-4-3-5-10-22)33-28(38)30(35)14-18-34(19-15-30)26(36)23-11-8-12-24(31)20-23/h3-5,8-12,20,25H,2,6-7,13-19,21H2,1H3,(H,32,39)(H,33,38)/t25-/m0/s1. The third-order valence-corrected chi connectivity index (χ3v) is 7.61. The molecule has 4 amide bonds. The van der Waals surface area contributed by atoms with Crippen molar-refractivity contribution in [3.8, 4) is 0 Å². The minimum Gasteiger partial charge on any atom is -0.445 e. The second-order valence-corrected chi connectivity index (χ2v) is 10.3. The Kier molecular flexibility index (Phi) is 9.74. The first-order valence-corrected chi connectivity index (χ1v) is 14.0. The number of piperidine rings is 1. The Balaban J connectivity index is 1.26. The van der Waals surface area contributed by atoms with Gasteiger partial charge in [0.15, 0.2) is 0 Å². The highest BCUT2D eigenvalue weighted by molar-refractivity contribution is 6.00. The van der Waals surface area contributed by atoms with E-state index in [1.807, 2.05) is 37.3 Å². The summed E-state index contributed by atoms with van der Waals surface area (Å²) in [4.78, 5) is 55.1. The molecular formula is C30H37FN4O5. The van der Waals surface area contributed by atoms with Crippen LogP contribution in [0.4, 0.5) is 9.18 Å². The molecule has 2 heterocycles. The van der Waals surface area contributed by atoms with Crippen molar-refractivity contribution in [3.05, 3.63) is 71.5 Å². The molecule has 4 rings (SSSR count). The Morgan fingerprint density at radius 1 is 1.07 bits per heavy atom. The van der Waals surface area contributed by atoms with Gasteiger partial charge in [0.1, 0.15) is 24.0 Å². The first kappa shape index (κ1) is 29.0. The van der Waals surface area contributed by atoms with Crippen molar-refractivity contribution >= 4 is 23.8 Å². The molecule has 2 aliphatic heterocycles. The van der Waals surface area contributed by atoms with E-state index < -0.39 is 23.5 Å². The number of amides is 4. The molecule has 40 heavy (non-hydrogen) atoms. The minimum atomic E-state index is -0.994. The molecule has 0 bridgehead atoms. The first-order chi connectivity index (χ1) is 19.3. The van der Waals surface area contributed by atoms with Crippen LogP contribution >= 0.6 is 0 Å². The van der Waals surface area contributed by atoms with Crippen molar-refractivity contribution in [2.24, 2.45) is 0 Å². The van der Waals surface area contributed by atoms with Gasteiger partial charge in [-0.2, -0.15) is 0 Å². The maximum atomic E-state index is 13.6. The molecular weight excluding hydrogens is 515 g/mol. The molecule has 214 valence electrons. The number of nitrogens with one attached hydrogen (secondary N) is 2. The Hall–Kier alpha value is -3.95. The van der Waals surface area contributed by atoms with Gasteiger partial charge in [-0.25, -0.2) is 9.18 Å². The summed E-state index contributed by atoms with van der Waals surface area (Å²) in [5, 5.41) is 5.66. The van der Waals surface area contributed by atoms with Gasteiger partial charge in [0.2, 0.25) is 11.8 Å². The number of carbonyl (C=O) groups excluding carboxylic acids is 4. The lowest BCUT2D eigenvalue weighted by molar-refractivity contribution is -0.161. The summed E-state index contributed by atoms with van der Waals surface area (Å²) in [6.45, 7) is 3.62. The van der Waals surface area contributed by atoms with Crippen LogP contribution in [-0.2, 0) is 20.9 Å². The van der Waals surface area contributed by atoms with Gasteiger partial charge in [-0.05, 0) is 62.3 Å². The molecule has 0 radical (unpaired) electrons. The van der Waals surface area contributed by atoms with Crippen molar-refractivity contribution < 1.29 is 28.3 Å². The van der Waals surface area contributed by atoms with Crippen molar-refractivity contribution in [2.75, 3.05) is 26.2 Å². The van der Waals surface area contributed by atoms with E-state index in [1.165, 1.54) is 18.2 Å². The van der Waals surface area contributed by atoms with Crippen molar-refractivity contribution in [3.63, 3.8) is 0 Å². The zero-order valence-corrected chi connectivity index (χ0v) is 22.9. The van der Waals surface area contributed by atoms with E-state index in [4.69, 9.17) is 4.74 Å². The van der Waals surface area contributed by atoms with E-state index in [-0.39, 0.29) is 29.9 Å². The average Bonchev–Trinajstić information content (AvgIpc) is 2.97. The number of benzene rings is 2. The molecule has 2 saturated heterocycles. The number of rotatable bonds is 10. The molecule has 0 aliphatic carbocycles. The van der Waals surface area contributed by atoms with E-state index in [9.17, 15) is 23.6 Å². The maximum absolute atomic E-state index is 13.6. The lowest BCUT2D eigenvalue weighted by Gasteiger charge is -2.51. The van der Waals surface area contributed by atoms with Gasteiger partial charge in [0, 0.05) is 31.7 Å². The third-order valence-electron chi connectivity index (χ3n) is 7.61. The highest BCUT2D eigenvalue weighted by Crippen LogP contribution is 2.34. The molecule has 2 aromatic rings. The van der Waals surface area contributed by atoms with Crippen molar-refractivity contribution in [1.29, 1.82) is 0 Å². The van der Waals surface area contributed by atoms with Crippen molar-refractivity contribution in [1.82, 2.24) is 20.4 Å². The van der Waals surface area contributed by atoms with Gasteiger partial charge in [0.05, 0.1) is 0 Å². The molecule has 1 spiro atoms. The number of unbranched alkanes of at least 4 members (excludes halogenated alkanes) is 1. The molecule has 2 aliphatic rings. The number of alkyl carbamates (subject to hydrolysis) is 1. The summed E-state index contributed by atoms with van der Waals surface area (Å²) in [7, 11) is 0. The predicted molar refractivity (Wildman–Crippen MR) is 147 cm³/mol. The second-order valence-electron chi connectivity index (χ2n) is 10.3. The molecule has 0 saturated carbocycles. The Morgan fingerprint density at radius 3 is 2.52 bits per heavy atom. The monoisotopic (exact) mass is 552 g/mol. The average molecular weight is 553 g/mol. The van der Waals surface area contributed by atoms with Gasteiger partial charge in [-0.3, -0.25) is 14.4 Å². The number of carbonyl (C=O) groups is 4. The molecule has 2 aromatic carbocycles. The summed E-state index contributed by atoms with van der Waals surface area (Å²) < 4.78 is 18.8. The van der Waals surface area contributed by atoms with E-state index in [0.717, 1.165) is 5.56 Å². The van der Waals surface area contributed by atoms with E-state index in [2.05, 4.69) is 10.6 Å². The zero-order chi connectivity index (χ0) is 28.5. The molecule has 0 aromatic heterocycles.